The van der Waals surface area contributed by atoms with Gasteiger partial charge >= 0.3 is 24.3 Å². The third-order valence-electron chi connectivity index (χ3n) is 13.0. The number of amides is 2. The highest BCUT2D eigenvalue weighted by atomic mass is 19.4. The fourth-order valence-corrected chi connectivity index (χ4v) is 8.97. The number of halogens is 9. The Morgan fingerprint density at radius 3 is 1.44 bits per heavy atom. The molecule has 430 valence electrons. The summed E-state index contributed by atoms with van der Waals surface area (Å²) in [5.74, 6) is -8.63. The van der Waals surface area contributed by atoms with Crippen molar-refractivity contribution in [3.63, 3.8) is 0 Å². The molecule has 0 saturated heterocycles. The Morgan fingerprint density at radius 2 is 1.04 bits per heavy atom. The number of rotatable bonds is 18. The largest absolute Gasteiger partial charge is 0.505 e. The molecular weight excluding hydrogens is 1060 g/mol. The maximum Gasteiger partial charge on any atom is 0.421 e. The first kappa shape index (κ1) is 64.0. The quantitative estimate of drug-likeness (QED) is 0.0542. The van der Waals surface area contributed by atoms with Crippen molar-refractivity contribution in [3.8, 4) is 17.4 Å². The van der Waals surface area contributed by atoms with Gasteiger partial charge in [-0.15, -0.1) is 0 Å². The van der Waals surface area contributed by atoms with E-state index in [-0.39, 0.29) is 55.2 Å². The van der Waals surface area contributed by atoms with Crippen molar-refractivity contribution >= 4 is 35.1 Å². The van der Waals surface area contributed by atoms with E-state index < -0.39 is 99.9 Å². The van der Waals surface area contributed by atoms with Gasteiger partial charge in [-0.2, -0.15) is 30.7 Å². The number of alkyl halides is 6. The summed E-state index contributed by atoms with van der Waals surface area (Å²) in [6.45, 7) is 4.42. The summed E-state index contributed by atoms with van der Waals surface area (Å²) in [4.78, 5) is 60.8. The minimum Gasteiger partial charge on any atom is -0.505 e. The molecule has 0 spiro atoms. The summed E-state index contributed by atoms with van der Waals surface area (Å²) in [6.07, 6.45) is -1.44. The molecule has 0 bridgehead atoms. The van der Waals surface area contributed by atoms with E-state index >= 15 is 4.39 Å². The highest BCUT2D eigenvalue weighted by Crippen LogP contribution is 2.41. The van der Waals surface area contributed by atoms with Gasteiger partial charge in [0, 0.05) is 70.9 Å². The molecule has 0 radical (unpaired) electrons. The van der Waals surface area contributed by atoms with Crippen LogP contribution in [0.2, 0.25) is 0 Å². The molecule has 2 aliphatic carbocycles. The summed E-state index contributed by atoms with van der Waals surface area (Å²) in [6, 6.07) is 5.54. The average molecular weight is 1120 g/mol. The number of benzene rings is 2. The second-order valence-corrected chi connectivity index (χ2v) is 18.7. The molecule has 2 saturated carbocycles. The number of esters is 1. The first-order chi connectivity index (χ1) is 36.8. The molecule has 16 nitrogen and oxygen atoms in total. The average Bonchev–Trinajstić information content (AvgIpc) is 3.39. The Hall–Kier alpha value is -6.57. The number of carbonyl (C=O) groups excluding carboxylic acids is 3. The van der Waals surface area contributed by atoms with Crippen LogP contribution in [0.4, 0.5) is 50.9 Å². The topological polar surface area (TPSA) is 196 Å². The lowest BCUT2D eigenvalue weighted by atomic mass is 9.82. The Kier molecular flexibility index (Phi) is 24.1. The Labute approximate surface area is 444 Å². The Balaban J connectivity index is 0.000000288. The molecule has 4 aromatic rings. The summed E-state index contributed by atoms with van der Waals surface area (Å²) >= 11 is 0. The van der Waals surface area contributed by atoms with Crippen molar-refractivity contribution in [2.45, 2.75) is 89.7 Å². The number of hydrogen-bond acceptors (Lipinski definition) is 13. The number of phenols is 1. The molecule has 78 heavy (non-hydrogen) atoms. The molecule has 2 amide bonds. The van der Waals surface area contributed by atoms with Gasteiger partial charge in [0.25, 0.3) is 0 Å². The number of carboxylic acids is 1. The number of aromatic hydroxyl groups is 1. The van der Waals surface area contributed by atoms with E-state index in [9.17, 15) is 64.5 Å². The molecule has 2 aromatic carbocycles. The summed E-state index contributed by atoms with van der Waals surface area (Å²) in [5.41, 5.74) is -3.47. The van der Waals surface area contributed by atoms with E-state index in [2.05, 4.69) is 23.8 Å². The summed E-state index contributed by atoms with van der Waals surface area (Å²) < 4.78 is 148. The van der Waals surface area contributed by atoms with E-state index in [4.69, 9.17) is 28.4 Å². The number of ether oxygens (including phenoxy) is 6. The SMILES string of the molecule is COCC(COC)N(C(=O)C1CCC(C)CC1)c1cc(F)c(O)cc1C(=O)OC.COCC(COC)N(C(=O)C1CCC(C)CC1)c1cc(F)c(Oc2ncccc2C(F)(F)F)cc1C(=O)O.Fc1ncccc1C(F)(F)F. The lowest BCUT2D eigenvalue weighted by Crippen LogP contribution is -2.49. The van der Waals surface area contributed by atoms with Crippen molar-refractivity contribution in [1.29, 1.82) is 0 Å². The van der Waals surface area contributed by atoms with Crippen LogP contribution in [0.1, 0.15) is 97.1 Å². The van der Waals surface area contributed by atoms with E-state index in [1.807, 2.05) is 0 Å². The third-order valence-corrected chi connectivity index (χ3v) is 13.0. The minimum atomic E-state index is -4.84. The highest BCUT2D eigenvalue weighted by molar-refractivity contribution is 6.05. The molecule has 2 fully saturated rings. The van der Waals surface area contributed by atoms with Crippen molar-refractivity contribution in [2.24, 2.45) is 23.7 Å². The maximum atomic E-state index is 15.3. The van der Waals surface area contributed by atoms with Gasteiger partial charge in [0.15, 0.2) is 23.1 Å². The van der Waals surface area contributed by atoms with Crippen LogP contribution in [0, 0.1) is 41.3 Å². The van der Waals surface area contributed by atoms with Crippen molar-refractivity contribution < 1.29 is 97.3 Å². The van der Waals surface area contributed by atoms with Crippen molar-refractivity contribution in [3.05, 3.63) is 101 Å². The lowest BCUT2D eigenvalue weighted by molar-refractivity contribution is -0.140. The number of hydrogen-bond donors (Lipinski definition) is 2. The van der Waals surface area contributed by atoms with Gasteiger partial charge < -0.3 is 48.4 Å². The Bertz CT molecular complexity index is 2620. The fourth-order valence-electron chi connectivity index (χ4n) is 8.97. The lowest BCUT2D eigenvalue weighted by Gasteiger charge is -2.36. The number of aromatic nitrogens is 2. The molecule has 6 rings (SSSR count). The molecule has 2 aliphatic rings. The van der Waals surface area contributed by atoms with Crippen LogP contribution in [-0.4, -0.2) is 118 Å². The Morgan fingerprint density at radius 1 is 0.615 bits per heavy atom. The molecule has 0 unspecified atom stereocenters. The van der Waals surface area contributed by atoms with Crippen molar-refractivity contribution in [2.75, 3.05) is 71.8 Å². The van der Waals surface area contributed by atoms with Gasteiger partial charge in [0.1, 0.15) is 11.1 Å². The van der Waals surface area contributed by atoms with E-state index in [1.54, 1.807) is 0 Å². The van der Waals surface area contributed by atoms with Gasteiger partial charge in [0.2, 0.25) is 23.6 Å². The molecule has 2 aromatic heterocycles. The van der Waals surface area contributed by atoms with Gasteiger partial charge in [-0.3, -0.25) is 9.59 Å². The predicted molar refractivity (Wildman–Crippen MR) is 264 cm³/mol. The molecule has 2 heterocycles. The zero-order valence-corrected chi connectivity index (χ0v) is 43.9. The minimum absolute atomic E-state index is 0.0369. The molecule has 2 N–H and O–H groups in total. The fraction of sp³-hybridized carbons (Fsp3) is 0.509. The van der Waals surface area contributed by atoms with Crippen LogP contribution in [0.3, 0.4) is 0 Å². The van der Waals surface area contributed by atoms with Gasteiger partial charge in [0.05, 0.1) is 68.1 Å². The number of anilines is 2. The first-order valence-electron chi connectivity index (χ1n) is 24.5. The van der Waals surface area contributed by atoms with Crippen LogP contribution < -0.4 is 14.5 Å². The van der Waals surface area contributed by atoms with Crippen molar-refractivity contribution in [1.82, 2.24) is 9.97 Å². The van der Waals surface area contributed by atoms with E-state index in [0.29, 0.717) is 36.8 Å². The molecule has 25 heteroatoms. The van der Waals surface area contributed by atoms with Gasteiger partial charge in [-0.05, 0) is 93.5 Å². The van der Waals surface area contributed by atoms with E-state index in [1.165, 1.54) is 45.3 Å². The van der Waals surface area contributed by atoms with Gasteiger partial charge in [-0.1, -0.05) is 13.8 Å². The highest BCUT2D eigenvalue weighted by Gasteiger charge is 2.40. The van der Waals surface area contributed by atoms with E-state index in [0.717, 1.165) is 87.3 Å². The zero-order valence-electron chi connectivity index (χ0n) is 43.9. The number of carbonyl (C=O) groups is 4. The van der Waals surface area contributed by atoms with Crippen LogP contribution in [-0.2, 0) is 45.6 Å². The first-order valence-corrected chi connectivity index (χ1v) is 24.5. The standard InChI is InChI=1S/C26H30F4N2O6.C21H30FNO6.C6H3F4N/c1-15-6-8-16(9-7-15)24(33)32(17(13-36-2)14-37-3)21-12-20(27)22(11-18(21)25(34)35)38-23-19(26(28,29)30)5-4-10-31-23;1-13-5-7-14(8-6-13)20(25)23(15(11-27-2)12-28-3)18-10-17(22)19(24)9-16(18)21(26)29-4;7-5-4(6(8,9)10)2-1-3-11-5/h4-5,10-12,15-17H,6-9,13-14H2,1-3H3,(H,34,35);9-10,13-15,24H,5-8,11-12H2,1-4H3;1-3H. The number of pyridine rings is 2. The molecule has 0 aliphatic heterocycles. The number of phenolic OH excluding ortho intramolecular Hbond substituents is 1. The maximum absolute atomic E-state index is 15.3. The second kappa shape index (κ2) is 29.4. The number of nitrogens with zero attached hydrogens (tertiary/aromatic N) is 4. The monoisotopic (exact) mass is 1120 g/mol. The molecular formula is C53H63F9N4O12. The van der Waals surface area contributed by atoms with Crippen LogP contribution in [0.15, 0.2) is 60.9 Å². The third kappa shape index (κ3) is 17.2. The smallest absolute Gasteiger partial charge is 0.421 e. The second-order valence-electron chi connectivity index (χ2n) is 18.7. The number of aromatic carboxylic acids is 1. The number of methoxy groups -OCH3 is 5. The summed E-state index contributed by atoms with van der Waals surface area (Å²) in [5, 5.41) is 19.8. The number of carboxylic acid groups (broad SMARTS) is 1. The van der Waals surface area contributed by atoms with Crippen LogP contribution >= 0.6 is 0 Å². The predicted octanol–water partition coefficient (Wildman–Crippen LogP) is 10.9. The molecule has 0 atom stereocenters. The normalized spacial score (nSPS) is 17.5. The zero-order chi connectivity index (χ0) is 58.1. The van der Waals surface area contributed by atoms with Gasteiger partial charge in [-0.25, -0.2) is 28.3 Å². The van der Waals surface area contributed by atoms with Crippen LogP contribution in [0.5, 0.6) is 17.4 Å². The summed E-state index contributed by atoms with van der Waals surface area (Å²) in [7, 11) is 6.96. The van der Waals surface area contributed by atoms with Crippen LogP contribution in [0.25, 0.3) is 0 Å².